The molecule has 5 rings (SSSR count). The van der Waals surface area contributed by atoms with E-state index >= 15 is 0 Å². The van der Waals surface area contributed by atoms with Crippen LogP contribution in [0.25, 0.3) is 20.5 Å². The maximum absolute atomic E-state index is 12.5. The van der Waals surface area contributed by atoms with Gasteiger partial charge in [-0.2, -0.15) is 0 Å². The zero-order valence-corrected chi connectivity index (χ0v) is 17.3. The van der Waals surface area contributed by atoms with E-state index < -0.39 is 17.5 Å². The first-order chi connectivity index (χ1) is 14.4. The number of hydrogen-bond acceptors (Lipinski definition) is 4. The molecule has 2 unspecified atom stereocenters. The molecular weight excluding hydrogens is 398 g/mol. The molecule has 1 fully saturated rings. The summed E-state index contributed by atoms with van der Waals surface area (Å²) in [5.41, 5.74) is 2.48. The lowest BCUT2D eigenvalue weighted by molar-refractivity contribution is -0.129. The molecule has 30 heavy (non-hydrogen) atoms. The van der Waals surface area contributed by atoms with Gasteiger partial charge in [0.05, 0.1) is 6.42 Å². The fraction of sp³-hybridized carbons (Fsp3) is 0.261. The minimum atomic E-state index is -1.19. The lowest BCUT2D eigenvalue weighted by Gasteiger charge is -2.21. The summed E-state index contributed by atoms with van der Waals surface area (Å²) in [6.07, 6.45) is 1.45. The van der Waals surface area contributed by atoms with Gasteiger partial charge in [0.1, 0.15) is 5.54 Å². The normalized spacial score (nSPS) is 22.6. The Hall–Kier alpha value is -3.19. The summed E-state index contributed by atoms with van der Waals surface area (Å²) in [5, 5.41) is 8.99. The van der Waals surface area contributed by atoms with Gasteiger partial charge < -0.3 is 10.6 Å². The average Bonchev–Trinajstić information content (AvgIpc) is 3.35. The number of thiophene rings is 1. The third-order valence-corrected chi connectivity index (χ3v) is 7.01. The van der Waals surface area contributed by atoms with E-state index in [9.17, 15) is 14.4 Å². The van der Waals surface area contributed by atoms with Gasteiger partial charge >= 0.3 is 6.03 Å². The zero-order valence-electron chi connectivity index (χ0n) is 16.5. The molecule has 6 nitrogen and oxygen atoms in total. The van der Waals surface area contributed by atoms with Crippen molar-refractivity contribution in [2.24, 2.45) is 0 Å². The second-order valence-corrected chi connectivity index (χ2v) is 9.31. The van der Waals surface area contributed by atoms with Crippen molar-refractivity contribution in [1.82, 2.24) is 16.0 Å². The molecular formula is C23H21N3O3S. The summed E-state index contributed by atoms with van der Waals surface area (Å²) in [4.78, 5) is 37.0. The van der Waals surface area contributed by atoms with Crippen molar-refractivity contribution < 1.29 is 14.4 Å². The standard InChI is InChI=1S/C23H21N3O3S/c1-23(21(28)25-22(29)26-23)12-20(27)24-17-9-13-6-7-15(8-16(13)10-17)19-11-14-4-2-3-5-18(14)30-19/h2-8,11,17H,9-10,12H2,1H3,(H,24,27)(H2,25,26,28,29). The van der Waals surface area contributed by atoms with Gasteiger partial charge in [-0.15, -0.1) is 11.3 Å². The van der Waals surface area contributed by atoms with Crippen LogP contribution in [0.3, 0.4) is 0 Å². The summed E-state index contributed by atoms with van der Waals surface area (Å²) >= 11 is 1.78. The van der Waals surface area contributed by atoms with Crippen molar-refractivity contribution in [2.75, 3.05) is 0 Å². The van der Waals surface area contributed by atoms with Crippen molar-refractivity contribution in [3.63, 3.8) is 0 Å². The highest BCUT2D eigenvalue weighted by molar-refractivity contribution is 7.22. The van der Waals surface area contributed by atoms with E-state index in [1.165, 1.54) is 31.7 Å². The van der Waals surface area contributed by atoms with Crippen LogP contribution >= 0.6 is 11.3 Å². The molecule has 2 aromatic carbocycles. The molecule has 0 radical (unpaired) electrons. The van der Waals surface area contributed by atoms with E-state index in [2.05, 4.69) is 64.5 Å². The van der Waals surface area contributed by atoms with Crippen molar-refractivity contribution >= 4 is 39.3 Å². The predicted octanol–water partition coefficient (Wildman–Crippen LogP) is 3.14. The molecule has 3 aromatic rings. The van der Waals surface area contributed by atoms with Gasteiger partial charge in [-0.1, -0.05) is 30.3 Å². The molecule has 0 bridgehead atoms. The molecule has 2 atom stereocenters. The molecule has 1 aromatic heterocycles. The van der Waals surface area contributed by atoms with Crippen LogP contribution in [0.1, 0.15) is 24.5 Å². The van der Waals surface area contributed by atoms with E-state index in [4.69, 9.17) is 0 Å². The Morgan fingerprint density at radius 1 is 1.13 bits per heavy atom. The quantitative estimate of drug-likeness (QED) is 0.568. The van der Waals surface area contributed by atoms with Crippen molar-refractivity contribution in [1.29, 1.82) is 0 Å². The van der Waals surface area contributed by atoms with Crippen molar-refractivity contribution in [2.45, 2.75) is 37.8 Å². The molecule has 2 heterocycles. The monoisotopic (exact) mass is 419 g/mol. The smallest absolute Gasteiger partial charge is 0.322 e. The molecule has 1 aliphatic carbocycles. The number of imide groups is 1. The predicted molar refractivity (Wildman–Crippen MR) is 116 cm³/mol. The molecule has 1 aliphatic heterocycles. The maximum atomic E-state index is 12.5. The van der Waals surface area contributed by atoms with Crippen LogP contribution in [0.5, 0.6) is 0 Å². The topological polar surface area (TPSA) is 87.3 Å². The molecule has 2 aliphatic rings. The minimum absolute atomic E-state index is 0.00563. The molecule has 152 valence electrons. The lowest BCUT2D eigenvalue weighted by atomic mass is 9.97. The fourth-order valence-electron chi connectivity index (χ4n) is 4.30. The van der Waals surface area contributed by atoms with Gasteiger partial charge in [-0.3, -0.25) is 14.9 Å². The maximum Gasteiger partial charge on any atom is 0.322 e. The van der Waals surface area contributed by atoms with Gasteiger partial charge in [0, 0.05) is 15.6 Å². The first-order valence-corrected chi connectivity index (χ1v) is 10.7. The summed E-state index contributed by atoms with van der Waals surface area (Å²) in [6.45, 7) is 1.56. The molecule has 1 saturated heterocycles. The van der Waals surface area contributed by atoms with Crippen LogP contribution in [0.15, 0.2) is 48.5 Å². The Bertz CT molecular complexity index is 1170. The van der Waals surface area contributed by atoms with Crippen LogP contribution in [0, 0.1) is 0 Å². The first kappa shape index (κ1) is 18.8. The molecule has 3 N–H and O–H groups in total. The minimum Gasteiger partial charge on any atom is -0.353 e. The van der Waals surface area contributed by atoms with Crippen LogP contribution in [-0.2, 0) is 22.4 Å². The number of hydrogen-bond donors (Lipinski definition) is 3. The van der Waals surface area contributed by atoms with Crippen LogP contribution in [0.4, 0.5) is 4.79 Å². The van der Waals surface area contributed by atoms with Gasteiger partial charge in [-0.05, 0) is 60.0 Å². The number of benzene rings is 2. The Balaban J connectivity index is 1.27. The van der Waals surface area contributed by atoms with E-state index in [0.717, 1.165) is 12.8 Å². The van der Waals surface area contributed by atoms with E-state index in [-0.39, 0.29) is 18.4 Å². The summed E-state index contributed by atoms with van der Waals surface area (Å²) in [7, 11) is 0. The second-order valence-electron chi connectivity index (χ2n) is 8.22. The van der Waals surface area contributed by atoms with Crippen molar-refractivity contribution in [3.8, 4) is 10.4 Å². The van der Waals surface area contributed by atoms with Crippen LogP contribution in [0.2, 0.25) is 0 Å². The SMILES string of the molecule is CC1(CC(=O)NC2Cc3ccc(-c4cc5ccccc5s4)cc3C2)NC(=O)NC1=O. The number of rotatable bonds is 4. The van der Waals surface area contributed by atoms with Gasteiger partial charge in [-0.25, -0.2) is 4.79 Å². The summed E-state index contributed by atoms with van der Waals surface area (Å²) in [5.74, 6) is -0.706. The molecule has 4 amide bonds. The third-order valence-electron chi connectivity index (χ3n) is 5.85. The van der Waals surface area contributed by atoms with Crippen LogP contribution < -0.4 is 16.0 Å². The molecule has 0 spiro atoms. The van der Waals surface area contributed by atoms with Crippen LogP contribution in [-0.4, -0.2) is 29.4 Å². The van der Waals surface area contributed by atoms with Crippen molar-refractivity contribution in [3.05, 3.63) is 59.7 Å². The zero-order chi connectivity index (χ0) is 20.9. The molecule has 0 saturated carbocycles. The number of amides is 4. The summed E-state index contributed by atoms with van der Waals surface area (Å²) in [6, 6.07) is 16.5. The van der Waals surface area contributed by atoms with E-state index in [1.807, 2.05) is 0 Å². The number of carbonyl (C=O) groups excluding carboxylic acids is 3. The van der Waals surface area contributed by atoms with Gasteiger partial charge in [0.2, 0.25) is 5.91 Å². The van der Waals surface area contributed by atoms with Gasteiger partial charge in [0.25, 0.3) is 5.91 Å². The van der Waals surface area contributed by atoms with Gasteiger partial charge in [0.15, 0.2) is 0 Å². The third kappa shape index (κ3) is 3.35. The number of fused-ring (bicyclic) bond motifs is 2. The lowest BCUT2D eigenvalue weighted by Crippen LogP contribution is -2.49. The second kappa shape index (κ2) is 6.95. The van der Waals surface area contributed by atoms with E-state index in [0.29, 0.717) is 0 Å². The largest absolute Gasteiger partial charge is 0.353 e. The Kier molecular flexibility index (Phi) is 4.36. The van der Waals surface area contributed by atoms with E-state index in [1.54, 1.807) is 18.3 Å². The highest BCUT2D eigenvalue weighted by Gasteiger charge is 2.43. The number of urea groups is 1. The average molecular weight is 420 g/mol. The highest BCUT2D eigenvalue weighted by atomic mass is 32.1. The Morgan fingerprint density at radius 2 is 1.93 bits per heavy atom. The Labute approximate surface area is 177 Å². The molecule has 7 heteroatoms. The highest BCUT2D eigenvalue weighted by Crippen LogP contribution is 2.35. The number of nitrogens with one attached hydrogen (secondary N) is 3. The summed E-state index contributed by atoms with van der Waals surface area (Å²) < 4.78 is 1.27. The number of carbonyl (C=O) groups is 3. The fourth-order valence-corrected chi connectivity index (χ4v) is 5.36. The Morgan fingerprint density at radius 3 is 2.70 bits per heavy atom. The first-order valence-electron chi connectivity index (χ1n) is 9.93.